The van der Waals surface area contributed by atoms with Gasteiger partial charge in [0.15, 0.2) is 11.6 Å². The molecule has 1 heterocycles. The number of ketones is 1. The summed E-state index contributed by atoms with van der Waals surface area (Å²) in [6, 6.07) is 5.95. The summed E-state index contributed by atoms with van der Waals surface area (Å²) in [6.07, 6.45) is 4.32. The lowest BCUT2D eigenvalue weighted by Gasteiger charge is -2.12. The highest BCUT2D eigenvalue weighted by molar-refractivity contribution is 5.99. The number of nitrogens with zero attached hydrogens (tertiary/aromatic N) is 1. The maximum atomic E-state index is 11.4. The summed E-state index contributed by atoms with van der Waals surface area (Å²) in [4.78, 5) is 11.4. The number of allylic oxidation sites excluding steroid dienone is 2. The van der Waals surface area contributed by atoms with Crippen molar-refractivity contribution in [2.45, 2.75) is 19.3 Å². The zero-order chi connectivity index (χ0) is 11.8. The molecule has 17 heavy (non-hydrogen) atoms. The quantitative estimate of drug-likeness (QED) is 0.785. The Labute approximate surface area is 98.5 Å². The van der Waals surface area contributed by atoms with Crippen LogP contribution in [0.2, 0.25) is 0 Å². The van der Waals surface area contributed by atoms with Crippen LogP contribution in [0.25, 0.3) is 16.5 Å². The van der Waals surface area contributed by atoms with Crippen LogP contribution < -0.4 is 5.73 Å². The van der Waals surface area contributed by atoms with Gasteiger partial charge in [-0.05, 0) is 42.2 Å². The summed E-state index contributed by atoms with van der Waals surface area (Å²) in [5.41, 5.74) is 8.82. The first-order chi connectivity index (χ1) is 8.24. The summed E-state index contributed by atoms with van der Waals surface area (Å²) in [6.45, 7) is 0. The number of nitrogens with two attached hydrogens (primary N) is 1. The van der Waals surface area contributed by atoms with Crippen molar-refractivity contribution >= 4 is 28.1 Å². The molecule has 2 aromatic rings. The van der Waals surface area contributed by atoms with Crippen LogP contribution >= 0.6 is 0 Å². The van der Waals surface area contributed by atoms with Crippen LogP contribution in [-0.4, -0.2) is 16.0 Å². The molecule has 0 fully saturated rings. The van der Waals surface area contributed by atoms with E-state index < -0.39 is 0 Å². The first kappa shape index (κ1) is 10.1. The molecular formula is C13H13N3O. The molecule has 3 N–H and O–H groups in total. The minimum atomic E-state index is 0.218. The molecule has 3 rings (SSSR count). The topological polar surface area (TPSA) is 71.8 Å². The van der Waals surface area contributed by atoms with Gasteiger partial charge in [0.25, 0.3) is 0 Å². The Morgan fingerprint density at radius 1 is 1.29 bits per heavy atom. The van der Waals surface area contributed by atoms with Crippen LogP contribution in [-0.2, 0) is 4.79 Å². The van der Waals surface area contributed by atoms with Gasteiger partial charge < -0.3 is 5.73 Å². The van der Waals surface area contributed by atoms with Crippen LogP contribution in [0, 0.1) is 0 Å². The highest BCUT2D eigenvalue weighted by atomic mass is 16.1. The molecule has 0 unspecified atom stereocenters. The zero-order valence-corrected chi connectivity index (χ0v) is 9.36. The number of nitrogen functional groups attached to an aromatic ring is 1. The van der Waals surface area contributed by atoms with E-state index in [1.165, 1.54) is 0 Å². The van der Waals surface area contributed by atoms with Crippen molar-refractivity contribution in [1.29, 1.82) is 0 Å². The molecule has 86 valence electrons. The number of aromatic amines is 1. The Balaban J connectivity index is 2.09. The number of hydrogen-bond acceptors (Lipinski definition) is 3. The molecular weight excluding hydrogens is 214 g/mol. The monoisotopic (exact) mass is 227 g/mol. The Bertz CT molecular complexity index is 625. The predicted octanol–water partition coefficient (Wildman–Crippen LogP) is 2.28. The first-order valence-electron chi connectivity index (χ1n) is 5.71. The number of H-pyrrole nitrogens is 1. The third-order valence-corrected chi connectivity index (χ3v) is 3.17. The van der Waals surface area contributed by atoms with E-state index in [2.05, 4.69) is 10.2 Å². The predicted molar refractivity (Wildman–Crippen MR) is 67.3 cm³/mol. The highest BCUT2D eigenvalue weighted by Gasteiger charge is 2.12. The Hall–Kier alpha value is -2.10. The van der Waals surface area contributed by atoms with Gasteiger partial charge in [-0.2, -0.15) is 5.10 Å². The Kier molecular flexibility index (Phi) is 2.21. The molecule has 0 saturated carbocycles. The SMILES string of the molecule is Nc1n[nH]c2cc(C3=CC(=O)CCC3)ccc12. The second-order valence-electron chi connectivity index (χ2n) is 4.36. The van der Waals surface area contributed by atoms with E-state index in [9.17, 15) is 4.79 Å². The van der Waals surface area contributed by atoms with Crippen LogP contribution in [0.15, 0.2) is 24.3 Å². The lowest BCUT2D eigenvalue weighted by Crippen LogP contribution is -2.01. The van der Waals surface area contributed by atoms with Gasteiger partial charge in [-0.25, -0.2) is 0 Å². The van der Waals surface area contributed by atoms with Crippen molar-refractivity contribution in [2.75, 3.05) is 5.73 Å². The molecule has 4 nitrogen and oxygen atoms in total. The molecule has 4 heteroatoms. The van der Waals surface area contributed by atoms with E-state index in [1.807, 2.05) is 18.2 Å². The molecule has 1 aromatic carbocycles. The minimum Gasteiger partial charge on any atom is -0.382 e. The van der Waals surface area contributed by atoms with Gasteiger partial charge in [-0.15, -0.1) is 0 Å². The van der Waals surface area contributed by atoms with Crippen LogP contribution in [0.3, 0.4) is 0 Å². The van der Waals surface area contributed by atoms with Crippen molar-refractivity contribution in [3.05, 3.63) is 29.8 Å². The number of rotatable bonds is 1. The summed E-state index contributed by atoms with van der Waals surface area (Å²) in [5.74, 6) is 0.732. The number of hydrogen-bond donors (Lipinski definition) is 2. The van der Waals surface area contributed by atoms with Gasteiger partial charge in [0.05, 0.1) is 5.52 Å². The molecule has 0 spiro atoms. The molecule has 1 aliphatic rings. The number of benzene rings is 1. The van der Waals surface area contributed by atoms with E-state index in [0.717, 1.165) is 34.9 Å². The van der Waals surface area contributed by atoms with Crippen molar-refractivity contribution in [3.63, 3.8) is 0 Å². The lowest BCUT2D eigenvalue weighted by molar-refractivity contribution is -0.114. The molecule has 0 amide bonds. The number of aromatic nitrogens is 2. The Morgan fingerprint density at radius 2 is 2.18 bits per heavy atom. The van der Waals surface area contributed by atoms with Crippen LogP contribution in [0.1, 0.15) is 24.8 Å². The maximum Gasteiger partial charge on any atom is 0.155 e. The molecule has 0 radical (unpaired) electrons. The lowest BCUT2D eigenvalue weighted by atomic mass is 9.92. The standard InChI is InChI=1S/C13H13N3O/c14-13-11-5-4-9(7-12(11)15-16-13)8-2-1-3-10(17)6-8/h4-7H,1-3H2,(H3,14,15,16). The fourth-order valence-corrected chi connectivity index (χ4v) is 2.26. The van der Waals surface area contributed by atoms with Gasteiger partial charge >= 0.3 is 0 Å². The van der Waals surface area contributed by atoms with E-state index in [-0.39, 0.29) is 5.78 Å². The van der Waals surface area contributed by atoms with E-state index >= 15 is 0 Å². The summed E-state index contributed by atoms with van der Waals surface area (Å²) < 4.78 is 0. The summed E-state index contributed by atoms with van der Waals surface area (Å²) >= 11 is 0. The van der Waals surface area contributed by atoms with Gasteiger partial charge in [-0.3, -0.25) is 9.89 Å². The molecule has 0 bridgehead atoms. The zero-order valence-electron chi connectivity index (χ0n) is 9.36. The fraction of sp³-hybridized carbons (Fsp3) is 0.231. The largest absolute Gasteiger partial charge is 0.382 e. The molecule has 1 aromatic heterocycles. The number of carbonyl (C=O) groups is 1. The second-order valence-corrected chi connectivity index (χ2v) is 4.36. The number of nitrogens with one attached hydrogen (secondary N) is 1. The average molecular weight is 227 g/mol. The maximum absolute atomic E-state index is 11.4. The minimum absolute atomic E-state index is 0.218. The van der Waals surface area contributed by atoms with Crippen LogP contribution in [0.5, 0.6) is 0 Å². The van der Waals surface area contributed by atoms with Crippen molar-refractivity contribution in [3.8, 4) is 0 Å². The van der Waals surface area contributed by atoms with Gasteiger partial charge in [0.2, 0.25) is 0 Å². The molecule has 0 aliphatic heterocycles. The van der Waals surface area contributed by atoms with Gasteiger partial charge in [-0.1, -0.05) is 6.07 Å². The third-order valence-electron chi connectivity index (χ3n) is 3.17. The average Bonchev–Trinajstić information content (AvgIpc) is 2.71. The number of carbonyl (C=O) groups excluding carboxylic acids is 1. The third kappa shape index (κ3) is 1.71. The van der Waals surface area contributed by atoms with Crippen molar-refractivity contribution in [2.24, 2.45) is 0 Å². The smallest absolute Gasteiger partial charge is 0.155 e. The van der Waals surface area contributed by atoms with Gasteiger partial charge in [0, 0.05) is 11.8 Å². The Morgan fingerprint density at radius 3 is 3.00 bits per heavy atom. The normalized spacial score (nSPS) is 16.2. The summed E-state index contributed by atoms with van der Waals surface area (Å²) in [7, 11) is 0. The van der Waals surface area contributed by atoms with E-state index in [0.29, 0.717) is 12.2 Å². The highest BCUT2D eigenvalue weighted by Crippen LogP contribution is 2.28. The number of fused-ring (bicyclic) bond motifs is 1. The van der Waals surface area contributed by atoms with Crippen LogP contribution in [0.4, 0.5) is 5.82 Å². The van der Waals surface area contributed by atoms with E-state index in [4.69, 9.17) is 5.73 Å². The van der Waals surface area contributed by atoms with Crippen molar-refractivity contribution in [1.82, 2.24) is 10.2 Å². The van der Waals surface area contributed by atoms with Gasteiger partial charge in [0.1, 0.15) is 0 Å². The second kappa shape index (κ2) is 3.73. The molecule has 0 atom stereocenters. The van der Waals surface area contributed by atoms with Crippen molar-refractivity contribution < 1.29 is 4.79 Å². The number of anilines is 1. The molecule has 0 saturated heterocycles. The first-order valence-corrected chi connectivity index (χ1v) is 5.71. The molecule has 1 aliphatic carbocycles. The summed E-state index contributed by atoms with van der Waals surface area (Å²) in [5, 5.41) is 7.78. The fourth-order valence-electron chi connectivity index (χ4n) is 2.26. The van der Waals surface area contributed by atoms with E-state index in [1.54, 1.807) is 6.08 Å².